The number of aromatic nitrogens is 1. The van der Waals surface area contributed by atoms with E-state index in [0.717, 1.165) is 56.9 Å². The van der Waals surface area contributed by atoms with E-state index >= 15 is 0 Å². The SMILES string of the molecule is Cc1ccc(-c2cc(CCCSc3nc(C)c(CC=O)s3)c(C)o2)cc1. The van der Waals surface area contributed by atoms with Crippen LogP contribution in [0.15, 0.2) is 39.1 Å². The number of nitrogens with zero attached hydrogens (tertiary/aromatic N) is 1. The molecule has 26 heavy (non-hydrogen) atoms. The van der Waals surface area contributed by atoms with Crippen LogP contribution in [0.4, 0.5) is 0 Å². The second-order valence-electron chi connectivity index (χ2n) is 6.37. The summed E-state index contributed by atoms with van der Waals surface area (Å²) < 4.78 is 7.01. The Hall–Kier alpha value is -1.85. The lowest BCUT2D eigenvalue weighted by molar-refractivity contribution is -0.107. The van der Waals surface area contributed by atoms with Gasteiger partial charge in [0.05, 0.1) is 5.69 Å². The molecule has 5 heteroatoms. The maximum absolute atomic E-state index is 10.7. The Morgan fingerprint density at radius 1 is 1.19 bits per heavy atom. The van der Waals surface area contributed by atoms with Crippen molar-refractivity contribution in [2.75, 3.05) is 5.75 Å². The lowest BCUT2D eigenvalue weighted by Gasteiger charge is -1.98. The van der Waals surface area contributed by atoms with Gasteiger partial charge in [-0.1, -0.05) is 41.6 Å². The fraction of sp³-hybridized carbons (Fsp3) is 0.333. The van der Waals surface area contributed by atoms with Crippen LogP contribution in [-0.2, 0) is 17.6 Å². The molecule has 3 aromatic rings. The van der Waals surface area contributed by atoms with Gasteiger partial charge in [-0.3, -0.25) is 0 Å². The van der Waals surface area contributed by atoms with E-state index in [1.807, 2.05) is 13.8 Å². The van der Waals surface area contributed by atoms with Crippen molar-refractivity contribution in [3.05, 3.63) is 57.8 Å². The molecule has 0 unspecified atom stereocenters. The van der Waals surface area contributed by atoms with Crippen LogP contribution in [0.25, 0.3) is 11.3 Å². The van der Waals surface area contributed by atoms with Crippen LogP contribution < -0.4 is 0 Å². The van der Waals surface area contributed by atoms with E-state index in [1.54, 1.807) is 23.1 Å². The highest BCUT2D eigenvalue weighted by Crippen LogP contribution is 2.29. The molecule has 3 rings (SSSR count). The van der Waals surface area contributed by atoms with E-state index in [1.165, 1.54) is 11.1 Å². The Bertz CT molecular complexity index is 878. The molecule has 0 N–H and O–H groups in total. The monoisotopic (exact) mass is 385 g/mol. The first-order chi connectivity index (χ1) is 12.6. The Kier molecular flexibility index (Phi) is 6.33. The number of hydrogen-bond acceptors (Lipinski definition) is 5. The standard InChI is InChI=1S/C21H23NO2S2/c1-14-6-8-17(9-7-14)19-13-18(16(3)24-19)5-4-12-25-21-22-15(2)20(26-21)10-11-23/h6-9,11,13H,4-5,10,12H2,1-3H3. The highest BCUT2D eigenvalue weighted by atomic mass is 32.2. The summed E-state index contributed by atoms with van der Waals surface area (Å²) in [6.45, 7) is 6.10. The molecule has 3 nitrogen and oxygen atoms in total. The number of carbonyl (C=O) groups excluding carboxylic acids is 1. The van der Waals surface area contributed by atoms with Gasteiger partial charge in [0.2, 0.25) is 0 Å². The minimum absolute atomic E-state index is 0.472. The van der Waals surface area contributed by atoms with Crippen molar-refractivity contribution in [3.8, 4) is 11.3 Å². The van der Waals surface area contributed by atoms with Gasteiger partial charge in [0.15, 0.2) is 0 Å². The summed E-state index contributed by atoms with van der Waals surface area (Å²) in [6.07, 6.45) is 3.49. The molecule has 0 aliphatic rings. The molecule has 136 valence electrons. The van der Waals surface area contributed by atoms with Gasteiger partial charge in [0.25, 0.3) is 0 Å². The van der Waals surface area contributed by atoms with E-state index in [2.05, 4.69) is 42.2 Å². The molecule has 2 heterocycles. The number of aldehydes is 1. The van der Waals surface area contributed by atoms with Crippen molar-refractivity contribution in [2.45, 2.75) is 44.4 Å². The number of thioether (sulfide) groups is 1. The normalized spacial score (nSPS) is 11.0. The first-order valence-electron chi connectivity index (χ1n) is 8.76. The summed E-state index contributed by atoms with van der Waals surface area (Å²) in [5, 5.41) is 0. The topological polar surface area (TPSA) is 43.1 Å². The fourth-order valence-electron chi connectivity index (χ4n) is 2.78. The van der Waals surface area contributed by atoms with E-state index < -0.39 is 0 Å². The number of benzene rings is 1. The molecular weight excluding hydrogens is 362 g/mol. The zero-order valence-corrected chi connectivity index (χ0v) is 17.0. The summed E-state index contributed by atoms with van der Waals surface area (Å²) in [4.78, 5) is 16.3. The third-order valence-corrected chi connectivity index (χ3v) is 6.72. The number of hydrogen-bond donors (Lipinski definition) is 0. The smallest absolute Gasteiger partial charge is 0.150 e. The van der Waals surface area contributed by atoms with Crippen molar-refractivity contribution < 1.29 is 9.21 Å². The lowest BCUT2D eigenvalue weighted by Crippen LogP contribution is -1.88. The molecule has 0 fully saturated rings. The average Bonchev–Trinajstić information content (AvgIpc) is 3.16. The van der Waals surface area contributed by atoms with Crippen molar-refractivity contribution >= 4 is 29.4 Å². The van der Waals surface area contributed by atoms with Gasteiger partial charge in [-0.25, -0.2) is 4.98 Å². The Morgan fingerprint density at radius 3 is 2.69 bits per heavy atom. The maximum atomic E-state index is 10.7. The van der Waals surface area contributed by atoms with E-state index in [0.29, 0.717) is 6.42 Å². The minimum atomic E-state index is 0.472. The molecule has 0 spiro atoms. The molecule has 2 aromatic heterocycles. The number of carbonyl (C=O) groups is 1. The summed E-state index contributed by atoms with van der Waals surface area (Å²) in [5.41, 5.74) is 4.64. The average molecular weight is 386 g/mol. The minimum Gasteiger partial charge on any atom is -0.461 e. The van der Waals surface area contributed by atoms with Gasteiger partial charge < -0.3 is 9.21 Å². The predicted molar refractivity (Wildman–Crippen MR) is 109 cm³/mol. The number of furan rings is 1. The molecule has 0 atom stereocenters. The zero-order chi connectivity index (χ0) is 18.5. The van der Waals surface area contributed by atoms with Gasteiger partial charge in [-0.05, 0) is 45.2 Å². The summed E-state index contributed by atoms with van der Waals surface area (Å²) in [7, 11) is 0. The predicted octanol–water partition coefficient (Wildman–Crippen LogP) is 5.79. The van der Waals surface area contributed by atoms with E-state index in [-0.39, 0.29) is 0 Å². The Balaban J connectivity index is 1.54. The maximum Gasteiger partial charge on any atom is 0.150 e. The van der Waals surface area contributed by atoms with Crippen LogP contribution in [0.2, 0.25) is 0 Å². The van der Waals surface area contributed by atoms with Crippen LogP contribution in [0, 0.1) is 20.8 Å². The summed E-state index contributed by atoms with van der Waals surface area (Å²) in [5.74, 6) is 2.96. The second-order valence-corrected chi connectivity index (χ2v) is 8.79. The third kappa shape index (κ3) is 4.65. The summed E-state index contributed by atoms with van der Waals surface area (Å²) >= 11 is 3.41. The number of thiazole rings is 1. The molecular formula is C21H23NO2S2. The highest BCUT2D eigenvalue weighted by molar-refractivity contribution is 8.01. The van der Waals surface area contributed by atoms with Crippen LogP contribution in [0.1, 0.15) is 33.9 Å². The molecule has 0 saturated carbocycles. The van der Waals surface area contributed by atoms with Gasteiger partial charge in [-0.2, -0.15) is 0 Å². The fourth-order valence-corrected chi connectivity index (χ4v) is 4.97. The van der Waals surface area contributed by atoms with Gasteiger partial charge in [0, 0.05) is 22.6 Å². The van der Waals surface area contributed by atoms with Crippen LogP contribution in [-0.4, -0.2) is 17.0 Å². The molecule has 0 amide bonds. The van der Waals surface area contributed by atoms with Crippen LogP contribution in [0.5, 0.6) is 0 Å². The Morgan fingerprint density at radius 2 is 1.96 bits per heavy atom. The first kappa shape index (κ1) is 18.9. The number of aryl methyl sites for hydroxylation is 4. The van der Waals surface area contributed by atoms with Gasteiger partial charge in [-0.15, -0.1) is 11.3 Å². The second kappa shape index (κ2) is 8.69. The quantitative estimate of drug-likeness (QED) is 0.279. The molecule has 0 saturated heterocycles. The van der Waals surface area contributed by atoms with Crippen LogP contribution in [0.3, 0.4) is 0 Å². The van der Waals surface area contributed by atoms with E-state index in [9.17, 15) is 4.79 Å². The third-order valence-electron chi connectivity index (χ3n) is 4.31. The molecule has 0 aliphatic heterocycles. The van der Waals surface area contributed by atoms with Crippen molar-refractivity contribution in [2.24, 2.45) is 0 Å². The first-order valence-corrected chi connectivity index (χ1v) is 10.6. The zero-order valence-electron chi connectivity index (χ0n) is 15.4. The van der Waals surface area contributed by atoms with Gasteiger partial charge >= 0.3 is 0 Å². The van der Waals surface area contributed by atoms with Gasteiger partial charge in [0.1, 0.15) is 22.1 Å². The van der Waals surface area contributed by atoms with Crippen molar-refractivity contribution in [1.29, 1.82) is 0 Å². The van der Waals surface area contributed by atoms with E-state index in [4.69, 9.17) is 4.42 Å². The highest BCUT2D eigenvalue weighted by Gasteiger charge is 2.10. The van der Waals surface area contributed by atoms with Crippen molar-refractivity contribution in [3.63, 3.8) is 0 Å². The van der Waals surface area contributed by atoms with Crippen LogP contribution >= 0.6 is 23.1 Å². The molecule has 0 bridgehead atoms. The summed E-state index contributed by atoms with van der Waals surface area (Å²) in [6, 6.07) is 10.6. The Labute approximate surface area is 162 Å². The van der Waals surface area contributed by atoms with Crippen molar-refractivity contribution in [1.82, 2.24) is 4.98 Å². The number of rotatable bonds is 8. The largest absolute Gasteiger partial charge is 0.461 e. The molecule has 0 radical (unpaired) electrons. The molecule has 0 aliphatic carbocycles. The molecule has 1 aromatic carbocycles. The lowest BCUT2D eigenvalue weighted by atomic mass is 10.1.